The van der Waals surface area contributed by atoms with Gasteiger partial charge >= 0.3 is 0 Å². The predicted molar refractivity (Wildman–Crippen MR) is 254 cm³/mol. The molecule has 3 atom stereocenters. The molecule has 3 fully saturated rings. The van der Waals surface area contributed by atoms with Gasteiger partial charge in [-0.3, -0.25) is 14.4 Å². The first kappa shape index (κ1) is 44.9. The number of β-amino-alcohol motifs (C(OH)–C–C–N with tert-alkyl or cyclic N) is 1. The van der Waals surface area contributed by atoms with Gasteiger partial charge in [0.1, 0.15) is 17.8 Å². The molecule has 4 aromatic heterocycles. The van der Waals surface area contributed by atoms with Gasteiger partial charge in [-0.1, -0.05) is 57.2 Å². The number of rotatable bonds is 11. The van der Waals surface area contributed by atoms with Gasteiger partial charge in [-0.25, -0.2) is 15.0 Å². The smallest absolute Gasteiger partial charge is 0.246 e. The number of fused-ring (bicyclic) bond motifs is 1. The lowest BCUT2D eigenvalue weighted by molar-refractivity contribution is -0.144. The van der Waals surface area contributed by atoms with Crippen molar-refractivity contribution in [3.8, 4) is 27.4 Å². The molecule has 9 rings (SSSR count). The summed E-state index contributed by atoms with van der Waals surface area (Å²) in [6, 6.07) is 17.5. The summed E-state index contributed by atoms with van der Waals surface area (Å²) in [7, 11) is 0. The molecule has 3 aliphatic rings. The lowest BCUT2D eigenvalue weighted by Crippen LogP contribution is -2.58. The highest BCUT2D eigenvalue weighted by molar-refractivity contribution is 7.13. The number of hydrogen-bond donors (Lipinski definition) is 5. The largest absolute Gasteiger partial charge is 0.507 e. The van der Waals surface area contributed by atoms with E-state index in [1.54, 1.807) is 23.5 Å². The number of nitrogens with zero attached hydrogens (tertiary/aromatic N) is 7. The molecule has 1 aliphatic carbocycles. The van der Waals surface area contributed by atoms with E-state index in [1.165, 1.54) is 4.90 Å². The van der Waals surface area contributed by atoms with E-state index in [0.29, 0.717) is 30.0 Å². The lowest BCUT2D eigenvalue weighted by atomic mass is 9.78. The minimum atomic E-state index is -0.877. The summed E-state index contributed by atoms with van der Waals surface area (Å²) in [6.45, 7) is 9.66. The van der Waals surface area contributed by atoms with Crippen LogP contribution in [0.1, 0.15) is 100 Å². The molecule has 0 radical (unpaired) electrons. The third-order valence-corrected chi connectivity index (χ3v) is 14.7. The molecular weight excluding hydrogens is 853 g/mol. The minimum Gasteiger partial charge on any atom is -0.507 e. The van der Waals surface area contributed by atoms with Gasteiger partial charge in [0.2, 0.25) is 23.7 Å². The number of piperidine rings is 1. The molecule has 3 amide bonds. The van der Waals surface area contributed by atoms with Crippen LogP contribution in [-0.4, -0.2) is 101 Å². The number of anilines is 1. The van der Waals surface area contributed by atoms with Gasteiger partial charge in [-0.05, 0) is 97.7 Å². The van der Waals surface area contributed by atoms with Gasteiger partial charge in [0.25, 0.3) is 0 Å². The van der Waals surface area contributed by atoms with Crippen molar-refractivity contribution in [2.24, 2.45) is 11.3 Å². The number of aromatic hydroxyl groups is 1. The summed E-state index contributed by atoms with van der Waals surface area (Å²) in [5.41, 5.74) is 8.36. The first-order valence-corrected chi connectivity index (χ1v) is 23.9. The number of nitrogens with one attached hydrogen (secondary N) is 3. The normalized spacial score (nSPS) is 20.9. The molecule has 5 N–H and O–H groups in total. The summed E-state index contributed by atoms with van der Waals surface area (Å²) in [5, 5.41) is 36.8. The van der Waals surface area contributed by atoms with E-state index in [4.69, 9.17) is 9.97 Å². The van der Waals surface area contributed by atoms with E-state index in [2.05, 4.69) is 41.8 Å². The molecule has 2 aliphatic heterocycles. The standard InChI is InChI=1S/C50H58N10O5S/c1-29-43(66-28-54-29)33-11-9-30(10-12-33)24-51-47(64)41-23-37(61)27-60(41)48(65)44(50(2,3)4)56-46(63)34-15-13-31(14-16-34)36-25-52-49(53-26-36)59-19-17-32(18-20-59)39-21-35-22-40(57-58-45(35)55-39)38-7-5-6-8-42(38)62/h5-12,21-22,25-26,28,31-32,34,37,41,44,61-62H,13-20,23-24,27H2,1-4H3,(H,51,64)(H,55,58)(H,56,63)/t31-,34-,37-,41+,44-/m1/s1. The number of aromatic nitrogens is 6. The van der Waals surface area contributed by atoms with Gasteiger partial charge in [0.05, 0.1) is 27.9 Å². The second-order valence-corrected chi connectivity index (χ2v) is 20.1. The number of aliphatic hydroxyl groups is 1. The fraction of sp³-hybridized carbons (Fsp3) is 0.440. The Balaban J connectivity index is 0.753. The van der Waals surface area contributed by atoms with Crippen LogP contribution in [0, 0.1) is 18.3 Å². The van der Waals surface area contributed by atoms with Crippen LogP contribution in [0.2, 0.25) is 0 Å². The van der Waals surface area contributed by atoms with E-state index in [0.717, 1.165) is 88.7 Å². The van der Waals surface area contributed by atoms with Gasteiger partial charge in [0, 0.05) is 73.5 Å². The fourth-order valence-electron chi connectivity index (χ4n) is 9.82. The summed E-state index contributed by atoms with van der Waals surface area (Å²) in [6.07, 6.45) is 7.98. The van der Waals surface area contributed by atoms with E-state index in [9.17, 15) is 24.6 Å². The zero-order valence-electron chi connectivity index (χ0n) is 37.9. The van der Waals surface area contributed by atoms with Crippen LogP contribution >= 0.6 is 11.3 Å². The molecule has 0 bridgehead atoms. The van der Waals surface area contributed by atoms with Crippen LogP contribution in [0.4, 0.5) is 5.95 Å². The maximum atomic E-state index is 14.3. The average molecular weight is 911 g/mol. The molecule has 15 nitrogen and oxygen atoms in total. The monoisotopic (exact) mass is 910 g/mol. The quantitative estimate of drug-likeness (QED) is 0.0895. The number of benzene rings is 2. The number of carbonyl (C=O) groups excluding carboxylic acids is 3. The van der Waals surface area contributed by atoms with Gasteiger partial charge in [-0.15, -0.1) is 21.5 Å². The number of H-pyrrole nitrogens is 1. The molecule has 6 heterocycles. The Morgan fingerprint density at radius 2 is 1.62 bits per heavy atom. The second kappa shape index (κ2) is 18.9. The number of aliphatic hydroxyl groups excluding tert-OH is 1. The molecule has 16 heteroatoms. The fourth-order valence-corrected chi connectivity index (χ4v) is 10.6. The van der Waals surface area contributed by atoms with E-state index >= 15 is 0 Å². The van der Waals surface area contributed by atoms with Gasteiger partial charge < -0.3 is 35.6 Å². The molecule has 6 aromatic rings. The van der Waals surface area contributed by atoms with Crippen LogP contribution in [0.5, 0.6) is 5.75 Å². The number of para-hydroxylation sites is 1. The van der Waals surface area contributed by atoms with Crippen LogP contribution in [-0.2, 0) is 20.9 Å². The third-order valence-electron chi connectivity index (χ3n) is 13.7. The van der Waals surface area contributed by atoms with Crippen molar-refractivity contribution in [2.45, 2.75) is 109 Å². The highest BCUT2D eigenvalue weighted by Gasteiger charge is 2.45. The van der Waals surface area contributed by atoms with Crippen LogP contribution in [0.15, 0.2) is 78.6 Å². The van der Waals surface area contributed by atoms with Crippen LogP contribution in [0.25, 0.3) is 32.7 Å². The molecule has 1 saturated carbocycles. The first-order valence-electron chi connectivity index (χ1n) is 23.1. The Hall–Kier alpha value is -6.26. The van der Waals surface area contributed by atoms with Crippen molar-refractivity contribution in [1.82, 2.24) is 45.7 Å². The van der Waals surface area contributed by atoms with Crippen LogP contribution in [0.3, 0.4) is 0 Å². The summed E-state index contributed by atoms with van der Waals surface area (Å²) < 4.78 is 0. The van der Waals surface area contributed by atoms with Crippen molar-refractivity contribution >= 4 is 46.0 Å². The van der Waals surface area contributed by atoms with Gasteiger partial charge in [0.15, 0.2) is 5.65 Å². The molecule has 2 saturated heterocycles. The molecule has 0 unspecified atom stereocenters. The summed E-state index contributed by atoms with van der Waals surface area (Å²) in [5.74, 6) is 0.359. The summed E-state index contributed by atoms with van der Waals surface area (Å²) >= 11 is 1.59. The lowest BCUT2D eigenvalue weighted by Gasteiger charge is -2.37. The van der Waals surface area contributed by atoms with Gasteiger partial charge in [-0.2, -0.15) is 0 Å². The topological polar surface area (TPSA) is 202 Å². The van der Waals surface area contributed by atoms with E-state index < -0.39 is 23.6 Å². The predicted octanol–water partition coefficient (Wildman–Crippen LogP) is 7.02. The number of thiazole rings is 1. The van der Waals surface area contributed by atoms with E-state index in [1.807, 2.05) is 88.1 Å². The second-order valence-electron chi connectivity index (χ2n) is 19.3. The third kappa shape index (κ3) is 9.66. The Kier molecular flexibility index (Phi) is 12.9. The maximum absolute atomic E-state index is 14.3. The maximum Gasteiger partial charge on any atom is 0.246 e. The number of phenols is 1. The van der Waals surface area contributed by atoms with Crippen molar-refractivity contribution in [1.29, 1.82) is 0 Å². The molecule has 66 heavy (non-hydrogen) atoms. The van der Waals surface area contributed by atoms with Crippen molar-refractivity contribution < 1.29 is 24.6 Å². The molecular formula is C50H58N10O5S. The average Bonchev–Trinajstić information content (AvgIpc) is 4.07. The van der Waals surface area contributed by atoms with Crippen molar-refractivity contribution in [2.75, 3.05) is 24.5 Å². The number of aryl methyl sites for hydroxylation is 1. The Morgan fingerprint density at radius 3 is 2.30 bits per heavy atom. The Labute approximate surface area is 388 Å². The number of amides is 3. The highest BCUT2D eigenvalue weighted by Crippen LogP contribution is 2.38. The number of phenolic OH excluding ortho intramolecular Hbond substituents is 1. The SMILES string of the molecule is Cc1ncsc1-c1ccc(CNC(=O)[C@@H]2C[C@@H](O)CN2C(=O)[C@@H](NC(=O)[C@H]2CC[C@H](c3cnc(N4CCC(c5cc6cc(-c7ccccc7O)nnc6[nH]5)CC4)nc3)CC2)C(C)(C)C)cc1. The molecule has 344 valence electrons. The number of carbonyl (C=O) groups is 3. The Bertz CT molecular complexity index is 2680. The van der Waals surface area contributed by atoms with Crippen molar-refractivity contribution in [3.05, 3.63) is 101 Å². The highest BCUT2D eigenvalue weighted by atomic mass is 32.1. The Morgan fingerprint density at radius 1 is 0.894 bits per heavy atom. The zero-order chi connectivity index (χ0) is 46.1. The first-order chi connectivity index (χ1) is 31.8. The number of hydrogen-bond acceptors (Lipinski definition) is 12. The molecule has 2 aromatic carbocycles. The van der Waals surface area contributed by atoms with Crippen LogP contribution < -0.4 is 15.5 Å². The van der Waals surface area contributed by atoms with E-state index in [-0.39, 0.29) is 54.8 Å². The van der Waals surface area contributed by atoms with Crippen molar-refractivity contribution in [3.63, 3.8) is 0 Å². The number of aromatic amines is 1. The molecule has 0 spiro atoms. The summed E-state index contributed by atoms with van der Waals surface area (Å²) in [4.78, 5) is 63.9. The minimum absolute atomic E-state index is 0.0257. The zero-order valence-corrected chi connectivity index (χ0v) is 38.7. The number of likely N-dealkylation sites (tertiary alicyclic amines) is 1.